The number of nitro benzene ring substituents is 1. The van der Waals surface area contributed by atoms with Gasteiger partial charge in [0.25, 0.3) is 5.69 Å². The molecule has 1 aromatic heterocycles. The molecule has 0 aliphatic rings. The lowest BCUT2D eigenvalue weighted by atomic mass is 10.2. The molecule has 1 amide bonds. The van der Waals surface area contributed by atoms with Crippen LogP contribution >= 0.6 is 11.8 Å². The molecule has 0 aliphatic carbocycles. The minimum absolute atomic E-state index is 0.0500. The third kappa shape index (κ3) is 7.08. The van der Waals surface area contributed by atoms with Crippen LogP contribution in [0, 0.1) is 10.1 Å². The number of alkyl carbamates (subject to hydrolysis) is 1. The number of nitrogens with one attached hydrogen (secondary N) is 1. The molecule has 0 saturated heterocycles. The Kier molecular flexibility index (Phi) is 7.66. The number of amides is 1. The highest BCUT2D eigenvalue weighted by Gasteiger charge is 2.16. The molecule has 9 heteroatoms. The number of carbonyl (C=O) groups is 1. The van der Waals surface area contributed by atoms with Gasteiger partial charge in [-0.15, -0.1) is 0 Å². The molecule has 1 aromatic carbocycles. The van der Waals surface area contributed by atoms with Crippen molar-refractivity contribution in [1.82, 2.24) is 14.9 Å². The average Bonchev–Trinajstić information content (AvgIpc) is 2.94. The largest absolute Gasteiger partial charge is 0.444 e. The third-order valence-corrected chi connectivity index (χ3v) is 4.87. The van der Waals surface area contributed by atoms with Gasteiger partial charge >= 0.3 is 6.09 Å². The molecule has 0 spiro atoms. The summed E-state index contributed by atoms with van der Waals surface area (Å²) in [6.45, 7) is 10.6. The number of ether oxygens (including phenoxy) is 1. The van der Waals surface area contributed by atoms with Gasteiger partial charge < -0.3 is 14.6 Å². The van der Waals surface area contributed by atoms with E-state index in [0.29, 0.717) is 13.1 Å². The number of hydrogen-bond acceptors (Lipinski definition) is 6. The summed E-state index contributed by atoms with van der Waals surface area (Å²) in [6.07, 6.45) is 2.38. The Morgan fingerprint density at radius 2 is 2.10 bits per heavy atom. The molecule has 2 rings (SSSR count). The van der Waals surface area contributed by atoms with Crippen LogP contribution in [-0.4, -0.2) is 38.5 Å². The molecule has 2 aromatic rings. The Balaban J connectivity index is 2.05. The summed E-state index contributed by atoms with van der Waals surface area (Å²) < 4.78 is 7.20. The first-order valence-corrected chi connectivity index (χ1v) is 10.4. The van der Waals surface area contributed by atoms with Crippen molar-refractivity contribution in [3.63, 3.8) is 0 Å². The van der Waals surface area contributed by atoms with Gasteiger partial charge in [-0.25, -0.2) is 9.78 Å². The molecule has 1 heterocycles. The minimum Gasteiger partial charge on any atom is -0.444 e. The van der Waals surface area contributed by atoms with E-state index in [1.54, 1.807) is 23.9 Å². The molecule has 0 aliphatic heterocycles. The number of benzene rings is 1. The Morgan fingerprint density at radius 3 is 2.72 bits per heavy atom. The zero-order valence-corrected chi connectivity index (χ0v) is 18.3. The normalized spacial score (nSPS) is 11.3. The number of imidazole rings is 1. The molecule has 0 radical (unpaired) electrons. The number of nitro groups is 1. The van der Waals surface area contributed by atoms with Crippen molar-refractivity contribution in [2.24, 2.45) is 0 Å². The lowest BCUT2D eigenvalue weighted by Crippen LogP contribution is -2.33. The first kappa shape index (κ1) is 22.7. The van der Waals surface area contributed by atoms with Crippen LogP contribution in [-0.2, 0) is 11.3 Å². The lowest BCUT2D eigenvalue weighted by Gasteiger charge is -2.19. The highest BCUT2D eigenvalue weighted by atomic mass is 32.2. The van der Waals surface area contributed by atoms with E-state index in [9.17, 15) is 14.9 Å². The van der Waals surface area contributed by atoms with Gasteiger partial charge in [0.05, 0.1) is 16.0 Å². The van der Waals surface area contributed by atoms with Crippen LogP contribution in [0.2, 0.25) is 0 Å². The molecule has 158 valence electrons. The highest BCUT2D eigenvalue weighted by molar-refractivity contribution is 7.99. The summed E-state index contributed by atoms with van der Waals surface area (Å²) in [6, 6.07) is 4.72. The summed E-state index contributed by atoms with van der Waals surface area (Å²) in [5.74, 6) is 0.746. The fraction of sp³-hybridized carbons (Fsp3) is 0.500. The maximum Gasteiger partial charge on any atom is 0.407 e. The predicted octanol–water partition coefficient (Wildman–Crippen LogP) is 4.92. The van der Waals surface area contributed by atoms with E-state index in [4.69, 9.17) is 4.74 Å². The fourth-order valence-corrected chi connectivity index (χ4v) is 3.47. The van der Waals surface area contributed by atoms with Gasteiger partial charge in [-0.2, -0.15) is 0 Å². The van der Waals surface area contributed by atoms with E-state index in [-0.39, 0.29) is 5.69 Å². The molecule has 0 fully saturated rings. The second-order valence-corrected chi connectivity index (χ2v) is 8.91. The summed E-state index contributed by atoms with van der Waals surface area (Å²) >= 11 is 1.56. The highest BCUT2D eigenvalue weighted by Crippen LogP contribution is 2.27. The average molecular weight is 421 g/mol. The van der Waals surface area contributed by atoms with E-state index in [1.165, 1.54) is 6.07 Å². The second-order valence-electron chi connectivity index (χ2n) is 7.85. The smallest absolute Gasteiger partial charge is 0.407 e. The van der Waals surface area contributed by atoms with Crippen molar-refractivity contribution < 1.29 is 14.5 Å². The van der Waals surface area contributed by atoms with Crippen LogP contribution in [0.25, 0.3) is 11.0 Å². The Labute approximate surface area is 174 Å². The molecule has 0 saturated carbocycles. The second kappa shape index (κ2) is 9.78. The van der Waals surface area contributed by atoms with Crippen LogP contribution in [0.3, 0.4) is 0 Å². The minimum atomic E-state index is -0.517. The van der Waals surface area contributed by atoms with Gasteiger partial charge in [-0.05, 0) is 47.1 Å². The van der Waals surface area contributed by atoms with Crippen LogP contribution in [0.15, 0.2) is 35.0 Å². The van der Waals surface area contributed by atoms with Crippen molar-refractivity contribution in [1.29, 1.82) is 0 Å². The lowest BCUT2D eigenvalue weighted by molar-refractivity contribution is -0.384. The van der Waals surface area contributed by atoms with Crippen LogP contribution in [0.1, 0.15) is 41.0 Å². The van der Waals surface area contributed by atoms with Crippen molar-refractivity contribution in [3.05, 3.63) is 40.0 Å². The monoisotopic (exact) mass is 420 g/mol. The number of fused-ring (bicyclic) bond motifs is 1. The number of nitrogens with zero attached hydrogens (tertiary/aromatic N) is 3. The molecule has 0 unspecified atom stereocenters. The Morgan fingerprint density at radius 1 is 1.38 bits per heavy atom. The van der Waals surface area contributed by atoms with E-state index >= 15 is 0 Å². The zero-order chi connectivity index (χ0) is 21.6. The van der Waals surface area contributed by atoms with Crippen molar-refractivity contribution in [2.75, 3.05) is 12.3 Å². The molecular formula is C20H28N4O4S. The summed E-state index contributed by atoms with van der Waals surface area (Å²) in [5, 5.41) is 14.7. The van der Waals surface area contributed by atoms with Gasteiger partial charge in [0.15, 0.2) is 5.16 Å². The Hall–Kier alpha value is -2.55. The summed E-state index contributed by atoms with van der Waals surface area (Å²) in [5.41, 5.74) is 2.17. The number of rotatable bonds is 8. The molecule has 29 heavy (non-hydrogen) atoms. The van der Waals surface area contributed by atoms with Gasteiger partial charge in [-0.3, -0.25) is 10.1 Å². The number of allylic oxidation sites excluding steroid dienone is 2. The number of carbonyl (C=O) groups excluding carboxylic acids is 1. The predicted molar refractivity (Wildman–Crippen MR) is 115 cm³/mol. The number of non-ortho nitro benzene ring substituents is 1. The first-order chi connectivity index (χ1) is 13.6. The first-order valence-electron chi connectivity index (χ1n) is 9.44. The Bertz CT molecular complexity index is 911. The van der Waals surface area contributed by atoms with E-state index in [0.717, 1.165) is 33.9 Å². The van der Waals surface area contributed by atoms with Gasteiger partial charge in [0.2, 0.25) is 0 Å². The third-order valence-electron chi connectivity index (χ3n) is 3.81. The van der Waals surface area contributed by atoms with Crippen LogP contribution in [0.4, 0.5) is 10.5 Å². The number of aromatic nitrogens is 2. The molecule has 8 nitrogen and oxygen atoms in total. The number of thioether (sulfide) groups is 1. The SMILES string of the molecule is CC(C)=CCn1c(SCCCNC(=O)OC(C)(C)C)nc2ccc([N+](=O)[O-])cc21. The summed E-state index contributed by atoms with van der Waals surface area (Å²) in [7, 11) is 0. The zero-order valence-electron chi connectivity index (χ0n) is 17.5. The van der Waals surface area contributed by atoms with Gasteiger partial charge in [-0.1, -0.05) is 23.4 Å². The topological polar surface area (TPSA) is 99.3 Å². The van der Waals surface area contributed by atoms with E-state index in [1.807, 2.05) is 39.2 Å². The van der Waals surface area contributed by atoms with E-state index < -0.39 is 16.6 Å². The van der Waals surface area contributed by atoms with Crippen molar-refractivity contribution in [3.8, 4) is 0 Å². The molecule has 0 atom stereocenters. The molecule has 1 N–H and O–H groups in total. The van der Waals surface area contributed by atoms with Crippen LogP contribution < -0.4 is 5.32 Å². The molecule has 0 bridgehead atoms. The van der Waals surface area contributed by atoms with Crippen molar-refractivity contribution in [2.45, 2.75) is 58.3 Å². The standard InChI is InChI=1S/C20H28N4O4S/c1-14(2)9-11-23-17-13-15(24(26)27)7-8-16(17)22-18(23)29-12-6-10-21-19(25)28-20(3,4)5/h7-9,13H,6,10-12H2,1-5H3,(H,21,25). The number of hydrogen-bond donors (Lipinski definition) is 1. The maximum atomic E-state index is 11.7. The van der Waals surface area contributed by atoms with E-state index in [2.05, 4.69) is 16.4 Å². The summed E-state index contributed by atoms with van der Waals surface area (Å²) in [4.78, 5) is 27.0. The van der Waals surface area contributed by atoms with Crippen molar-refractivity contribution >= 4 is 34.6 Å². The quantitative estimate of drug-likeness (QED) is 0.214. The van der Waals surface area contributed by atoms with Gasteiger partial charge in [0.1, 0.15) is 5.60 Å². The fourth-order valence-electron chi connectivity index (χ4n) is 2.50. The maximum absolute atomic E-state index is 11.7. The molecular weight excluding hydrogens is 392 g/mol. The van der Waals surface area contributed by atoms with Gasteiger partial charge in [0, 0.05) is 31.0 Å². The van der Waals surface area contributed by atoms with Crippen LogP contribution in [0.5, 0.6) is 0 Å².